The van der Waals surface area contributed by atoms with Crippen molar-refractivity contribution < 1.29 is 9.53 Å². The summed E-state index contributed by atoms with van der Waals surface area (Å²) in [5.74, 6) is -0.100. The molecular formula is C15H32N2O2. The SMILES string of the molecule is CCCCCCCC(NCCN(C)C)C(=O)OCC. The first-order chi connectivity index (χ1) is 9.11. The molecule has 0 fully saturated rings. The van der Waals surface area contributed by atoms with E-state index in [9.17, 15) is 4.79 Å². The van der Waals surface area contributed by atoms with Gasteiger partial charge >= 0.3 is 5.97 Å². The van der Waals surface area contributed by atoms with Gasteiger partial charge in [0.25, 0.3) is 0 Å². The van der Waals surface area contributed by atoms with Crippen LogP contribution < -0.4 is 5.32 Å². The van der Waals surface area contributed by atoms with Crippen LogP contribution in [0.4, 0.5) is 0 Å². The van der Waals surface area contributed by atoms with Gasteiger partial charge in [0, 0.05) is 13.1 Å². The van der Waals surface area contributed by atoms with E-state index in [2.05, 4.69) is 17.1 Å². The first-order valence-electron chi connectivity index (χ1n) is 7.66. The topological polar surface area (TPSA) is 41.6 Å². The fourth-order valence-electron chi connectivity index (χ4n) is 1.96. The molecule has 0 bridgehead atoms. The second-order valence-electron chi connectivity index (χ2n) is 5.26. The molecule has 4 nitrogen and oxygen atoms in total. The van der Waals surface area contributed by atoms with Crippen molar-refractivity contribution in [3.8, 4) is 0 Å². The second-order valence-corrected chi connectivity index (χ2v) is 5.26. The highest BCUT2D eigenvalue weighted by molar-refractivity contribution is 5.75. The molecule has 0 spiro atoms. The van der Waals surface area contributed by atoms with Crippen molar-refractivity contribution in [3.05, 3.63) is 0 Å². The van der Waals surface area contributed by atoms with E-state index in [1.54, 1.807) is 0 Å². The largest absolute Gasteiger partial charge is 0.465 e. The maximum Gasteiger partial charge on any atom is 0.323 e. The third-order valence-electron chi connectivity index (χ3n) is 3.12. The Bertz CT molecular complexity index is 220. The van der Waals surface area contributed by atoms with Crippen LogP contribution in [0.25, 0.3) is 0 Å². The van der Waals surface area contributed by atoms with Crippen molar-refractivity contribution in [3.63, 3.8) is 0 Å². The van der Waals surface area contributed by atoms with E-state index in [4.69, 9.17) is 4.74 Å². The molecule has 0 aliphatic rings. The number of nitrogens with zero attached hydrogens (tertiary/aromatic N) is 1. The Kier molecular flexibility index (Phi) is 12.0. The second kappa shape index (κ2) is 12.4. The number of likely N-dealkylation sites (N-methyl/N-ethyl adjacent to an activating group) is 1. The lowest BCUT2D eigenvalue weighted by molar-refractivity contribution is -0.145. The first kappa shape index (κ1) is 18.4. The number of unbranched alkanes of at least 4 members (excludes halogenated alkanes) is 4. The first-order valence-corrected chi connectivity index (χ1v) is 7.66. The zero-order valence-corrected chi connectivity index (χ0v) is 13.2. The summed E-state index contributed by atoms with van der Waals surface area (Å²) in [5.41, 5.74) is 0. The van der Waals surface area contributed by atoms with Crippen molar-refractivity contribution in [2.24, 2.45) is 0 Å². The molecule has 0 saturated heterocycles. The third-order valence-corrected chi connectivity index (χ3v) is 3.12. The number of esters is 1. The van der Waals surface area contributed by atoms with Gasteiger partial charge in [0.15, 0.2) is 0 Å². The summed E-state index contributed by atoms with van der Waals surface area (Å²) >= 11 is 0. The van der Waals surface area contributed by atoms with Crippen LogP contribution in [0.3, 0.4) is 0 Å². The van der Waals surface area contributed by atoms with Crippen LogP contribution in [-0.4, -0.2) is 50.7 Å². The zero-order chi connectivity index (χ0) is 14.5. The summed E-state index contributed by atoms with van der Waals surface area (Å²) in [7, 11) is 4.07. The molecule has 1 unspecified atom stereocenters. The Morgan fingerprint density at radius 1 is 1.16 bits per heavy atom. The van der Waals surface area contributed by atoms with Gasteiger partial charge in [-0.15, -0.1) is 0 Å². The van der Waals surface area contributed by atoms with Crippen LogP contribution in [0.1, 0.15) is 52.4 Å². The molecular weight excluding hydrogens is 240 g/mol. The predicted molar refractivity (Wildman–Crippen MR) is 80.4 cm³/mol. The average Bonchev–Trinajstić information content (AvgIpc) is 2.36. The lowest BCUT2D eigenvalue weighted by atomic mass is 10.1. The molecule has 0 aromatic rings. The van der Waals surface area contributed by atoms with E-state index in [1.807, 2.05) is 21.0 Å². The van der Waals surface area contributed by atoms with Gasteiger partial charge in [-0.25, -0.2) is 0 Å². The Balaban J connectivity index is 3.93. The lowest BCUT2D eigenvalue weighted by Gasteiger charge is -2.18. The molecule has 0 aromatic carbocycles. The maximum atomic E-state index is 11.8. The van der Waals surface area contributed by atoms with Gasteiger partial charge in [-0.05, 0) is 27.4 Å². The molecule has 0 aromatic heterocycles. The maximum absolute atomic E-state index is 11.8. The Morgan fingerprint density at radius 2 is 1.84 bits per heavy atom. The Labute approximate surface area is 118 Å². The van der Waals surface area contributed by atoms with Gasteiger partial charge in [-0.3, -0.25) is 4.79 Å². The van der Waals surface area contributed by atoms with E-state index in [0.717, 1.165) is 25.9 Å². The number of nitrogens with one attached hydrogen (secondary N) is 1. The normalized spacial score (nSPS) is 12.7. The standard InChI is InChI=1S/C15H32N2O2/c1-5-7-8-9-10-11-14(15(18)19-6-2)16-12-13-17(3)4/h14,16H,5-13H2,1-4H3. The smallest absolute Gasteiger partial charge is 0.323 e. The fraction of sp³-hybridized carbons (Fsp3) is 0.933. The van der Waals surface area contributed by atoms with E-state index in [0.29, 0.717) is 6.61 Å². The van der Waals surface area contributed by atoms with Crippen LogP contribution in [-0.2, 0) is 9.53 Å². The highest BCUT2D eigenvalue weighted by Crippen LogP contribution is 2.08. The minimum atomic E-state index is -0.137. The van der Waals surface area contributed by atoms with Crippen molar-refractivity contribution in [1.29, 1.82) is 0 Å². The Morgan fingerprint density at radius 3 is 2.42 bits per heavy atom. The molecule has 19 heavy (non-hydrogen) atoms. The van der Waals surface area contributed by atoms with Gasteiger partial charge in [0.05, 0.1) is 6.61 Å². The summed E-state index contributed by atoms with van der Waals surface area (Å²) < 4.78 is 5.12. The molecule has 1 N–H and O–H groups in total. The number of carbonyl (C=O) groups excluding carboxylic acids is 1. The van der Waals surface area contributed by atoms with E-state index < -0.39 is 0 Å². The van der Waals surface area contributed by atoms with Gasteiger partial charge in [-0.2, -0.15) is 0 Å². The van der Waals surface area contributed by atoms with Crippen molar-refractivity contribution >= 4 is 5.97 Å². The van der Waals surface area contributed by atoms with Crippen molar-refractivity contribution in [2.45, 2.75) is 58.4 Å². The van der Waals surface area contributed by atoms with E-state index in [1.165, 1.54) is 25.7 Å². The Hall–Kier alpha value is -0.610. The lowest BCUT2D eigenvalue weighted by Crippen LogP contribution is -2.41. The zero-order valence-electron chi connectivity index (χ0n) is 13.2. The van der Waals surface area contributed by atoms with Crippen LogP contribution in [0.15, 0.2) is 0 Å². The third kappa shape index (κ3) is 11.0. The summed E-state index contributed by atoms with van der Waals surface area (Å²) in [6.07, 6.45) is 7.00. The van der Waals surface area contributed by atoms with Crippen LogP contribution in [0.2, 0.25) is 0 Å². The molecule has 0 aliphatic carbocycles. The van der Waals surface area contributed by atoms with Crippen molar-refractivity contribution in [1.82, 2.24) is 10.2 Å². The summed E-state index contributed by atoms with van der Waals surface area (Å²) in [4.78, 5) is 13.9. The fourth-order valence-corrected chi connectivity index (χ4v) is 1.96. The number of hydrogen-bond acceptors (Lipinski definition) is 4. The minimum absolute atomic E-state index is 0.100. The number of ether oxygens (including phenoxy) is 1. The molecule has 114 valence electrons. The summed E-state index contributed by atoms with van der Waals surface area (Å²) in [6.45, 7) is 6.29. The van der Waals surface area contributed by atoms with Crippen molar-refractivity contribution in [2.75, 3.05) is 33.8 Å². The van der Waals surface area contributed by atoms with E-state index >= 15 is 0 Å². The van der Waals surface area contributed by atoms with Crippen LogP contribution in [0.5, 0.6) is 0 Å². The number of rotatable bonds is 12. The van der Waals surface area contributed by atoms with Crippen LogP contribution >= 0.6 is 0 Å². The highest BCUT2D eigenvalue weighted by Gasteiger charge is 2.18. The molecule has 1 atom stereocenters. The molecule has 0 saturated carbocycles. The molecule has 4 heteroatoms. The van der Waals surface area contributed by atoms with Gasteiger partial charge in [0.2, 0.25) is 0 Å². The number of hydrogen-bond donors (Lipinski definition) is 1. The van der Waals surface area contributed by atoms with Crippen LogP contribution in [0, 0.1) is 0 Å². The molecule has 0 rings (SSSR count). The number of carbonyl (C=O) groups is 1. The summed E-state index contributed by atoms with van der Waals surface area (Å²) in [6, 6.07) is -0.137. The van der Waals surface area contributed by atoms with Gasteiger partial charge in [-0.1, -0.05) is 39.0 Å². The van der Waals surface area contributed by atoms with Gasteiger partial charge in [0.1, 0.15) is 6.04 Å². The molecule has 0 aliphatic heterocycles. The molecule has 0 amide bonds. The van der Waals surface area contributed by atoms with Gasteiger partial charge < -0.3 is 15.0 Å². The summed E-state index contributed by atoms with van der Waals surface area (Å²) in [5, 5.41) is 3.31. The molecule has 0 heterocycles. The predicted octanol–water partition coefficient (Wildman–Crippen LogP) is 2.43. The molecule has 0 radical (unpaired) electrons. The average molecular weight is 272 g/mol. The highest BCUT2D eigenvalue weighted by atomic mass is 16.5. The van der Waals surface area contributed by atoms with E-state index in [-0.39, 0.29) is 12.0 Å². The monoisotopic (exact) mass is 272 g/mol. The quantitative estimate of drug-likeness (QED) is 0.438. The minimum Gasteiger partial charge on any atom is -0.465 e.